The van der Waals surface area contributed by atoms with E-state index in [0.29, 0.717) is 49.8 Å². The number of rotatable bonds is 9. The Morgan fingerprint density at radius 3 is 2.50 bits per heavy atom. The fourth-order valence-corrected chi connectivity index (χ4v) is 8.22. The number of hydrogen-bond acceptors (Lipinski definition) is 8. The molecule has 0 bridgehead atoms. The summed E-state index contributed by atoms with van der Waals surface area (Å²) >= 11 is 0. The van der Waals surface area contributed by atoms with E-state index in [2.05, 4.69) is 11.4 Å². The van der Waals surface area contributed by atoms with Crippen molar-refractivity contribution in [1.29, 1.82) is 0 Å². The zero-order valence-corrected chi connectivity index (χ0v) is 28.1. The second-order valence-electron chi connectivity index (χ2n) is 14.3. The molecule has 3 saturated carbocycles. The van der Waals surface area contributed by atoms with Gasteiger partial charge in [-0.25, -0.2) is 14.8 Å². The molecule has 1 unspecified atom stereocenters. The first kappa shape index (κ1) is 32.6. The van der Waals surface area contributed by atoms with E-state index in [4.69, 9.17) is 24.1 Å². The first-order valence-electron chi connectivity index (χ1n) is 17.8. The molecule has 2 amide bonds. The van der Waals surface area contributed by atoms with E-state index in [1.807, 2.05) is 30.0 Å². The van der Waals surface area contributed by atoms with Gasteiger partial charge in [0, 0.05) is 61.4 Å². The third-order valence-electron chi connectivity index (χ3n) is 11.2. The first-order chi connectivity index (χ1) is 23.4. The SMILES string of the molecule is COc1ccc(C2CCC(CN(C(=O)C3CCC(C4CNCCN4C(=O)O)CC3)c3cc(-c4coc(C5CC5)n4)ccn3)CC2)nc1C. The molecule has 4 fully saturated rings. The number of methoxy groups -OCH3 is 1. The number of oxazole rings is 1. The molecule has 1 aliphatic heterocycles. The van der Waals surface area contributed by atoms with Gasteiger partial charge in [0.25, 0.3) is 0 Å². The smallest absolute Gasteiger partial charge is 0.407 e. The number of piperazine rings is 1. The van der Waals surface area contributed by atoms with Gasteiger partial charge in [0.1, 0.15) is 23.5 Å². The van der Waals surface area contributed by atoms with Gasteiger partial charge in [-0.05, 0) is 107 Å². The lowest BCUT2D eigenvalue weighted by Gasteiger charge is -2.42. The molecule has 48 heavy (non-hydrogen) atoms. The zero-order chi connectivity index (χ0) is 33.2. The Morgan fingerprint density at radius 2 is 1.79 bits per heavy atom. The standard InChI is InChI=1S/C37H48N6O5/c1-23-33(47-2)14-13-30(40-23)25-5-3-24(4-6-25)21-43(34-19-29(15-16-39-34)31-22-48-35(41-31)27-9-10-27)36(44)28-11-7-26(8-12-28)32-20-38-17-18-42(32)37(45)46/h13-16,19,22,24-28,32,38H,3-12,17-18,20-21H2,1-2H3,(H,45,46). The van der Waals surface area contributed by atoms with Crippen LogP contribution in [0, 0.1) is 24.7 Å². The lowest BCUT2D eigenvalue weighted by Crippen LogP contribution is -2.56. The molecule has 2 N–H and O–H groups in total. The first-order valence-corrected chi connectivity index (χ1v) is 17.8. The number of nitrogens with one attached hydrogen (secondary N) is 1. The number of aryl methyl sites for hydroxylation is 1. The van der Waals surface area contributed by atoms with Gasteiger partial charge in [0.15, 0.2) is 5.89 Å². The number of ether oxygens (including phenoxy) is 1. The second kappa shape index (κ2) is 14.2. The third kappa shape index (κ3) is 7.06. The number of carbonyl (C=O) groups is 2. The highest BCUT2D eigenvalue weighted by Gasteiger charge is 2.39. The number of carbonyl (C=O) groups excluding carboxylic acids is 1. The number of aromatic nitrogens is 3. The van der Waals surface area contributed by atoms with Gasteiger partial charge in [-0.1, -0.05) is 0 Å². The molecule has 4 aliphatic rings. The quantitative estimate of drug-likeness (QED) is 0.269. The van der Waals surface area contributed by atoms with Gasteiger partial charge in [0.2, 0.25) is 5.91 Å². The van der Waals surface area contributed by atoms with Crippen molar-refractivity contribution in [3.05, 3.63) is 54.0 Å². The summed E-state index contributed by atoms with van der Waals surface area (Å²) in [5.41, 5.74) is 3.72. The van der Waals surface area contributed by atoms with E-state index in [0.717, 1.165) is 98.5 Å². The van der Waals surface area contributed by atoms with Crippen LogP contribution in [0.3, 0.4) is 0 Å². The predicted octanol–water partition coefficient (Wildman–Crippen LogP) is 6.39. The van der Waals surface area contributed by atoms with Crippen LogP contribution in [0.2, 0.25) is 0 Å². The van der Waals surface area contributed by atoms with E-state index in [9.17, 15) is 14.7 Å². The van der Waals surface area contributed by atoms with E-state index in [1.165, 1.54) is 0 Å². The van der Waals surface area contributed by atoms with Gasteiger partial charge in [-0.15, -0.1) is 0 Å². The van der Waals surface area contributed by atoms with Crippen LogP contribution in [0.5, 0.6) is 5.75 Å². The number of hydrogen-bond donors (Lipinski definition) is 2. The second-order valence-corrected chi connectivity index (χ2v) is 14.3. The molecule has 11 nitrogen and oxygen atoms in total. The van der Waals surface area contributed by atoms with Gasteiger partial charge < -0.3 is 24.5 Å². The summed E-state index contributed by atoms with van der Waals surface area (Å²) in [6.07, 6.45) is 12.2. The molecule has 7 rings (SSSR count). The largest absolute Gasteiger partial charge is 0.495 e. The number of nitrogens with zero attached hydrogens (tertiary/aromatic N) is 5. The minimum absolute atomic E-state index is 0.0380. The maximum absolute atomic E-state index is 14.5. The highest BCUT2D eigenvalue weighted by atomic mass is 16.5. The monoisotopic (exact) mass is 656 g/mol. The third-order valence-corrected chi connectivity index (χ3v) is 11.2. The van der Waals surface area contributed by atoms with Crippen LogP contribution in [0.25, 0.3) is 11.3 Å². The van der Waals surface area contributed by atoms with Crippen LogP contribution in [0.1, 0.15) is 93.3 Å². The summed E-state index contributed by atoms with van der Waals surface area (Å²) in [6, 6.07) is 8.00. The Labute approximate surface area is 282 Å². The predicted molar refractivity (Wildman–Crippen MR) is 181 cm³/mol. The average Bonchev–Trinajstić information content (AvgIpc) is 3.86. The number of carboxylic acid groups (broad SMARTS) is 1. The van der Waals surface area contributed by atoms with Crippen molar-refractivity contribution in [1.82, 2.24) is 25.2 Å². The molecule has 1 atom stereocenters. The van der Waals surface area contributed by atoms with Crippen molar-refractivity contribution < 1.29 is 23.8 Å². The Balaban J connectivity index is 1.07. The van der Waals surface area contributed by atoms with E-state index in [1.54, 1.807) is 24.5 Å². The van der Waals surface area contributed by atoms with Crippen molar-refractivity contribution in [2.75, 3.05) is 38.2 Å². The highest BCUT2D eigenvalue weighted by molar-refractivity contribution is 5.94. The molecular formula is C37H48N6O5. The van der Waals surface area contributed by atoms with Crippen molar-refractivity contribution in [3.63, 3.8) is 0 Å². The van der Waals surface area contributed by atoms with Gasteiger partial charge in [-0.3, -0.25) is 14.7 Å². The zero-order valence-electron chi connectivity index (χ0n) is 28.1. The van der Waals surface area contributed by atoms with E-state index < -0.39 is 6.09 Å². The number of anilines is 1. The van der Waals surface area contributed by atoms with Crippen LogP contribution < -0.4 is 15.0 Å². The van der Waals surface area contributed by atoms with Crippen LogP contribution in [-0.2, 0) is 4.79 Å². The Bertz CT molecular complexity index is 1590. The summed E-state index contributed by atoms with van der Waals surface area (Å²) < 4.78 is 11.2. The molecule has 0 aromatic carbocycles. The molecule has 11 heteroatoms. The summed E-state index contributed by atoms with van der Waals surface area (Å²) in [5.74, 6) is 3.73. The lowest BCUT2D eigenvalue weighted by molar-refractivity contribution is -0.124. The molecule has 0 radical (unpaired) electrons. The normalized spacial score (nSPS) is 26.2. The van der Waals surface area contributed by atoms with Crippen molar-refractivity contribution in [3.8, 4) is 17.0 Å². The maximum atomic E-state index is 14.5. The van der Waals surface area contributed by atoms with E-state index >= 15 is 0 Å². The summed E-state index contributed by atoms with van der Waals surface area (Å²) in [5, 5.41) is 13.2. The topological polar surface area (TPSA) is 134 Å². The molecule has 3 aromatic rings. The summed E-state index contributed by atoms with van der Waals surface area (Å²) in [4.78, 5) is 44.3. The van der Waals surface area contributed by atoms with Crippen molar-refractivity contribution in [2.45, 2.75) is 89.0 Å². The molecule has 3 aromatic heterocycles. The van der Waals surface area contributed by atoms with Gasteiger partial charge in [-0.2, -0.15) is 0 Å². The molecule has 256 valence electrons. The van der Waals surface area contributed by atoms with Crippen LogP contribution in [0.15, 0.2) is 41.1 Å². The molecule has 1 saturated heterocycles. The summed E-state index contributed by atoms with van der Waals surface area (Å²) in [6.45, 7) is 4.50. The van der Waals surface area contributed by atoms with Crippen molar-refractivity contribution in [2.24, 2.45) is 17.8 Å². The molecule has 0 spiro atoms. The van der Waals surface area contributed by atoms with Gasteiger partial charge >= 0.3 is 6.09 Å². The van der Waals surface area contributed by atoms with Crippen LogP contribution in [0.4, 0.5) is 10.6 Å². The van der Waals surface area contributed by atoms with Gasteiger partial charge in [0.05, 0.1) is 18.8 Å². The molecular weight excluding hydrogens is 608 g/mol. The number of pyridine rings is 2. The maximum Gasteiger partial charge on any atom is 0.407 e. The minimum Gasteiger partial charge on any atom is -0.495 e. The van der Waals surface area contributed by atoms with Crippen molar-refractivity contribution >= 4 is 17.8 Å². The highest BCUT2D eigenvalue weighted by Crippen LogP contribution is 2.41. The Morgan fingerprint density at radius 1 is 1.02 bits per heavy atom. The average molecular weight is 657 g/mol. The Kier molecular flexibility index (Phi) is 9.66. The van der Waals surface area contributed by atoms with E-state index in [-0.39, 0.29) is 23.8 Å². The molecule has 4 heterocycles. The van der Waals surface area contributed by atoms with Crippen LogP contribution >= 0.6 is 0 Å². The fraction of sp³-hybridized carbons (Fsp3) is 0.595. The molecule has 3 aliphatic carbocycles. The summed E-state index contributed by atoms with van der Waals surface area (Å²) in [7, 11) is 1.68. The lowest BCUT2D eigenvalue weighted by atomic mass is 9.76. The number of amides is 2. The Hall–Kier alpha value is -3.99. The van der Waals surface area contributed by atoms with Crippen LogP contribution in [-0.4, -0.2) is 76.3 Å². The minimum atomic E-state index is -0.846. The fourth-order valence-electron chi connectivity index (χ4n) is 8.22.